The molecular weight excluding hydrogens is 1780 g/mol. The highest BCUT2D eigenvalue weighted by molar-refractivity contribution is 7.25. The zero-order chi connectivity index (χ0) is 94.8. The molecule has 0 aliphatic rings. The van der Waals surface area contributed by atoms with Crippen molar-refractivity contribution in [3.8, 4) is 90.1 Å². The third kappa shape index (κ3) is 14.4. The first-order valence-electron chi connectivity index (χ1n) is 48.3. The van der Waals surface area contributed by atoms with Gasteiger partial charge in [0.1, 0.15) is 33.5 Å². The summed E-state index contributed by atoms with van der Waals surface area (Å²) >= 11 is 1.85. The van der Waals surface area contributed by atoms with Gasteiger partial charge in [-0.05, 0) is 162 Å². The Morgan fingerprint density at radius 3 is 0.778 bits per heavy atom. The summed E-state index contributed by atoms with van der Waals surface area (Å²) in [6.07, 6.45) is 0. The molecular formula is C132H78N8O3S. The van der Waals surface area contributed by atoms with Gasteiger partial charge in [0.15, 0.2) is 0 Å². The number of thiophene rings is 1. The first-order chi connectivity index (χ1) is 71.3. The largest absolute Gasteiger partial charge is 0.456 e. The van der Waals surface area contributed by atoms with Crippen molar-refractivity contribution in [2.75, 3.05) is 0 Å². The summed E-state index contributed by atoms with van der Waals surface area (Å²) in [6.45, 7) is 0. The molecule has 0 N–H and O–H groups in total. The molecule has 0 aliphatic heterocycles. The summed E-state index contributed by atoms with van der Waals surface area (Å²) in [6, 6.07) is 164. The van der Waals surface area contributed by atoms with Gasteiger partial charge in [-0.15, -0.1) is 11.3 Å². The van der Waals surface area contributed by atoms with Crippen LogP contribution < -0.4 is 0 Å². The van der Waals surface area contributed by atoms with E-state index >= 15 is 0 Å². The minimum absolute atomic E-state index is 0.870. The Bertz CT molecular complexity index is 10300. The van der Waals surface area contributed by atoms with E-state index in [9.17, 15) is 0 Å². The topological polar surface area (TPSA) is 143 Å². The number of furan rings is 3. The van der Waals surface area contributed by atoms with E-state index in [1.807, 2.05) is 121 Å². The molecule has 0 aliphatic carbocycles. The Balaban J connectivity index is 0.0000000935. The Morgan fingerprint density at radius 1 is 0.139 bits per heavy atom. The van der Waals surface area contributed by atoms with Crippen molar-refractivity contribution in [3.63, 3.8) is 0 Å². The van der Waals surface area contributed by atoms with Crippen LogP contribution >= 0.6 is 11.3 Å². The molecule has 0 saturated carbocycles. The molecule has 0 bridgehead atoms. The summed E-state index contributed by atoms with van der Waals surface area (Å²) in [4.78, 5) is 41.8. The van der Waals surface area contributed by atoms with E-state index in [1.54, 1.807) is 0 Å². The molecule has 31 aromatic rings. The summed E-state index contributed by atoms with van der Waals surface area (Å²) in [7, 11) is 0. The van der Waals surface area contributed by atoms with Crippen LogP contribution in [-0.2, 0) is 0 Å². The average Bonchev–Trinajstić information content (AvgIpc) is 1.51. The molecule has 11 nitrogen and oxygen atoms in total. The average molecular weight is 1860 g/mol. The molecule has 0 spiro atoms. The molecule has 0 atom stereocenters. The highest BCUT2D eigenvalue weighted by atomic mass is 32.1. The Hall–Kier alpha value is -19.1. The van der Waals surface area contributed by atoms with Gasteiger partial charge < -0.3 is 13.3 Å². The zero-order valence-corrected chi connectivity index (χ0v) is 78.1. The lowest BCUT2D eigenvalue weighted by Crippen LogP contribution is -1.97. The normalized spacial score (nSPS) is 11.8. The van der Waals surface area contributed by atoms with Crippen LogP contribution in [0.4, 0.5) is 0 Å². The number of benzene rings is 23. The van der Waals surface area contributed by atoms with Crippen molar-refractivity contribution < 1.29 is 13.3 Å². The van der Waals surface area contributed by atoms with E-state index in [0.717, 1.165) is 259 Å². The maximum Gasteiger partial charge on any atom is 0.136 e. The standard InChI is InChI=1S/2C34H20N2O.C34H20N2S.C30H18N2O/c1-2-10-22(11-3-1)32-34(35-29-18-17-21-9-4-5-13-24(21)33(29)36-32)26-15-8-12-23-19-28-25-14-6-7-16-30(25)37-31(28)20-27(23)26;2*1-2-10-22(11-3-1)32-34(36-33-24-13-5-4-9-21(24)17-18-29(33)35-32)26-15-8-12-23-19-28-25-14-6-7-16-30(25)37-31(28)20-27(23)26;1-2-9-19(10-3-1)29-30(32-26-15-6-5-14-25(26)31-29)22-13-8-11-20-17-24-21-12-4-7-16-27(21)33-28(24)18-23(20)22/h3*1-20H;1-18H. The van der Waals surface area contributed by atoms with Crippen molar-refractivity contribution >= 4 is 217 Å². The second-order valence-electron chi connectivity index (χ2n) is 36.5. The second-order valence-corrected chi connectivity index (χ2v) is 37.6. The summed E-state index contributed by atoms with van der Waals surface area (Å²) in [5, 5.41) is 25.4. The van der Waals surface area contributed by atoms with E-state index in [-0.39, 0.29) is 0 Å². The van der Waals surface area contributed by atoms with Crippen LogP contribution in [0, 0.1) is 0 Å². The van der Waals surface area contributed by atoms with Crippen LogP contribution in [0.3, 0.4) is 0 Å². The molecule has 0 amide bonds. The number of para-hydroxylation sites is 5. The molecule has 23 aromatic carbocycles. The minimum Gasteiger partial charge on any atom is -0.456 e. The predicted octanol–water partition coefficient (Wildman–Crippen LogP) is 36.0. The highest BCUT2D eigenvalue weighted by Crippen LogP contribution is 2.48. The fraction of sp³-hybridized carbons (Fsp3) is 0. The molecule has 0 fully saturated rings. The van der Waals surface area contributed by atoms with Gasteiger partial charge in [-0.1, -0.05) is 370 Å². The van der Waals surface area contributed by atoms with Gasteiger partial charge in [-0.25, -0.2) is 39.9 Å². The SMILES string of the molecule is c1ccc(-c2nc3c(ccc4ccccc43)nc2-c2cccc3cc4c(cc23)oc2ccccc24)cc1.c1ccc(-c2nc3ccc4ccccc4c3nc2-c2cccc3cc4c(cc23)oc2ccccc24)cc1.c1ccc(-c2nc3ccc4ccccc4c3nc2-c2cccc3cc4c(cc23)sc2ccccc24)cc1.c1ccc(-c2nc3ccccc3nc2-c2cccc3cc4c(cc23)oc2ccccc24)cc1. The van der Waals surface area contributed by atoms with Crippen LogP contribution in [0.1, 0.15) is 0 Å². The van der Waals surface area contributed by atoms with Gasteiger partial charge in [0.25, 0.3) is 0 Å². The lowest BCUT2D eigenvalue weighted by molar-refractivity contribution is 0.669. The summed E-state index contributed by atoms with van der Waals surface area (Å²) in [5.74, 6) is 0. The van der Waals surface area contributed by atoms with E-state index in [1.165, 1.54) is 36.3 Å². The summed E-state index contributed by atoms with van der Waals surface area (Å²) < 4.78 is 21.3. The van der Waals surface area contributed by atoms with Crippen LogP contribution in [0.5, 0.6) is 0 Å². The molecule has 8 aromatic heterocycles. The maximum absolute atomic E-state index is 6.26. The van der Waals surface area contributed by atoms with Crippen molar-refractivity contribution in [2.24, 2.45) is 0 Å². The monoisotopic (exact) mass is 1850 g/mol. The zero-order valence-electron chi connectivity index (χ0n) is 77.2. The van der Waals surface area contributed by atoms with Gasteiger partial charge in [-0.2, -0.15) is 0 Å². The smallest absolute Gasteiger partial charge is 0.136 e. The van der Waals surface area contributed by atoms with Crippen molar-refractivity contribution in [2.45, 2.75) is 0 Å². The van der Waals surface area contributed by atoms with Crippen molar-refractivity contribution in [1.29, 1.82) is 0 Å². The maximum atomic E-state index is 6.26. The Labute approximate surface area is 827 Å². The number of hydrogen-bond donors (Lipinski definition) is 0. The van der Waals surface area contributed by atoms with E-state index in [2.05, 4.69) is 364 Å². The fourth-order valence-electron chi connectivity index (χ4n) is 21.1. The first kappa shape index (κ1) is 83.1. The van der Waals surface area contributed by atoms with Crippen LogP contribution in [-0.4, -0.2) is 39.9 Å². The lowest BCUT2D eigenvalue weighted by Gasteiger charge is -2.14. The molecule has 12 heteroatoms. The van der Waals surface area contributed by atoms with Crippen LogP contribution in [0.15, 0.2) is 486 Å². The van der Waals surface area contributed by atoms with E-state index in [0.29, 0.717) is 0 Å². The first-order valence-corrected chi connectivity index (χ1v) is 49.1. The molecule has 0 radical (unpaired) electrons. The van der Waals surface area contributed by atoms with E-state index < -0.39 is 0 Å². The number of fused-ring (bicyclic) bond motifs is 26. The number of aromatic nitrogens is 8. The predicted molar refractivity (Wildman–Crippen MR) is 599 cm³/mol. The lowest BCUT2D eigenvalue weighted by atomic mass is 9.96. The molecule has 31 rings (SSSR count). The van der Waals surface area contributed by atoms with Gasteiger partial charge >= 0.3 is 0 Å². The second kappa shape index (κ2) is 34.5. The molecule has 8 heterocycles. The Kier molecular flexibility index (Phi) is 19.9. The highest BCUT2D eigenvalue weighted by Gasteiger charge is 2.26. The van der Waals surface area contributed by atoms with E-state index in [4.69, 9.17) is 53.1 Å². The number of rotatable bonds is 8. The quantitative estimate of drug-likeness (QED) is 0.134. The third-order valence-corrected chi connectivity index (χ3v) is 29.1. The third-order valence-electron chi connectivity index (χ3n) is 28.0. The molecule has 144 heavy (non-hydrogen) atoms. The molecule has 0 saturated heterocycles. The van der Waals surface area contributed by atoms with Crippen LogP contribution in [0.25, 0.3) is 296 Å². The van der Waals surface area contributed by atoms with Crippen molar-refractivity contribution in [1.82, 2.24) is 39.9 Å². The van der Waals surface area contributed by atoms with Crippen LogP contribution in [0.2, 0.25) is 0 Å². The Morgan fingerprint density at radius 2 is 0.403 bits per heavy atom. The van der Waals surface area contributed by atoms with Gasteiger partial charge in [0.05, 0.1) is 89.7 Å². The minimum atomic E-state index is 0.870. The van der Waals surface area contributed by atoms with Crippen molar-refractivity contribution in [3.05, 3.63) is 473 Å². The fourth-order valence-corrected chi connectivity index (χ4v) is 22.3. The molecule has 0 unspecified atom stereocenters. The van der Waals surface area contributed by atoms with Gasteiger partial charge in [0.2, 0.25) is 0 Å². The summed E-state index contributed by atoms with van der Waals surface area (Å²) in [5.41, 5.74) is 28.1. The number of hydrogen-bond acceptors (Lipinski definition) is 12. The molecule has 670 valence electrons. The van der Waals surface area contributed by atoms with Gasteiger partial charge in [0, 0.05) is 113 Å². The number of nitrogens with zero attached hydrogens (tertiary/aromatic N) is 8. The van der Waals surface area contributed by atoms with Gasteiger partial charge in [-0.3, -0.25) is 0 Å².